The quantitative estimate of drug-likeness (QED) is 0.764. The normalized spacial score (nSPS) is 15.5. The van der Waals surface area contributed by atoms with Crippen LogP contribution >= 0.6 is 0 Å². The molecule has 0 spiro atoms. The molecule has 31 heavy (non-hydrogen) atoms. The molecule has 1 N–H and O–H groups in total. The first kappa shape index (κ1) is 20.8. The molecule has 4 rings (SSSR count). The zero-order valence-corrected chi connectivity index (χ0v) is 17.7. The van der Waals surface area contributed by atoms with Gasteiger partial charge in [0, 0.05) is 24.7 Å². The smallest absolute Gasteiger partial charge is 0.253 e. The van der Waals surface area contributed by atoms with Gasteiger partial charge < -0.3 is 29.2 Å². The highest BCUT2D eigenvalue weighted by Crippen LogP contribution is 2.33. The number of rotatable bonds is 6. The van der Waals surface area contributed by atoms with Crippen molar-refractivity contribution >= 4 is 11.8 Å². The summed E-state index contributed by atoms with van der Waals surface area (Å²) in [5, 5.41) is 3.08. The highest BCUT2D eigenvalue weighted by Gasteiger charge is 2.26. The number of nitrogens with zero attached hydrogens (tertiary/aromatic N) is 1. The van der Waals surface area contributed by atoms with Gasteiger partial charge >= 0.3 is 0 Å². The lowest BCUT2D eigenvalue weighted by Crippen LogP contribution is -2.46. The Labute approximate surface area is 181 Å². The molecule has 1 saturated heterocycles. The predicted octanol–water partition coefficient (Wildman–Crippen LogP) is 2.40. The number of carbonyl (C=O) groups is 2. The first-order valence-corrected chi connectivity index (χ1v) is 10.3. The Bertz CT molecular complexity index is 969. The van der Waals surface area contributed by atoms with Crippen LogP contribution in [0, 0.1) is 0 Å². The van der Waals surface area contributed by atoms with Crippen molar-refractivity contribution < 1.29 is 28.5 Å². The molecule has 2 aromatic carbocycles. The van der Waals surface area contributed by atoms with Crippen LogP contribution in [-0.4, -0.2) is 56.9 Å². The van der Waals surface area contributed by atoms with E-state index in [0.29, 0.717) is 54.5 Å². The van der Waals surface area contributed by atoms with Crippen molar-refractivity contribution in [1.82, 2.24) is 10.2 Å². The Morgan fingerprint density at radius 2 is 1.74 bits per heavy atom. The summed E-state index contributed by atoms with van der Waals surface area (Å²) in [6.45, 7) is 1.37. The van der Waals surface area contributed by atoms with E-state index in [1.165, 1.54) is 0 Å². The minimum Gasteiger partial charge on any atom is -0.493 e. The fraction of sp³-hybridized carbons (Fsp3) is 0.391. The second kappa shape index (κ2) is 9.16. The highest BCUT2D eigenvalue weighted by atomic mass is 16.7. The number of benzene rings is 2. The second-order valence-corrected chi connectivity index (χ2v) is 7.57. The van der Waals surface area contributed by atoms with E-state index >= 15 is 0 Å². The van der Waals surface area contributed by atoms with Crippen molar-refractivity contribution in [2.75, 3.05) is 34.1 Å². The molecule has 0 saturated carbocycles. The summed E-state index contributed by atoms with van der Waals surface area (Å²) in [5.74, 6) is 2.41. The van der Waals surface area contributed by atoms with E-state index in [1.54, 1.807) is 38.5 Å². The van der Waals surface area contributed by atoms with Crippen LogP contribution < -0.4 is 24.3 Å². The Morgan fingerprint density at radius 3 is 2.48 bits per heavy atom. The van der Waals surface area contributed by atoms with E-state index in [2.05, 4.69) is 5.32 Å². The Morgan fingerprint density at radius 1 is 1.00 bits per heavy atom. The molecule has 8 heteroatoms. The van der Waals surface area contributed by atoms with Crippen LogP contribution in [0.4, 0.5) is 0 Å². The highest BCUT2D eigenvalue weighted by molar-refractivity contribution is 5.95. The van der Waals surface area contributed by atoms with Crippen molar-refractivity contribution in [3.8, 4) is 23.0 Å². The number of nitrogens with one attached hydrogen (secondary N) is 1. The molecule has 2 aliphatic heterocycles. The number of methoxy groups -OCH3 is 2. The molecule has 1 fully saturated rings. The number of amides is 2. The maximum Gasteiger partial charge on any atom is 0.253 e. The molecule has 2 aliphatic rings. The van der Waals surface area contributed by atoms with Gasteiger partial charge in [-0.05, 0) is 48.7 Å². The molecule has 0 aliphatic carbocycles. The summed E-state index contributed by atoms with van der Waals surface area (Å²) in [7, 11) is 3.15. The summed E-state index contributed by atoms with van der Waals surface area (Å²) in [5.41, 5.74) is 1.44. The van der Waals surface area contributed by atoms with Gasteiger partial charge in [-0.3, -0.25) is 9.59 Å². The van der Waals surface area contributed by atoms with Crippen molar-refractivity contribution in [3.63, 3.8) is 0 Å². The van der Waals surface area contributed by atoms with E-state index < -0.39 is 0 Å². The van der Waals surface area contributed by atoms with Gasteiger partial charge in [-0.25, -0.2) is 0 Å². The lowest BCUT2D eigenvalue weighted by atomic mass is 10.0. The molecule has 0 radical (unpaired) electrons. The lowest BCUT2D eigenvalue weighted by Gasteiger charge is -2.32. The average molecular weight is 426 g/mol. The van der Waals surface area contributed by atoms with Crippen LogP contribution in [0.1, 0.15) is 28.8 Å². The van der Waals surface area contributed by atoms with Crippen LogP contribution in [0.25, 0.3) is 0 Å². The number of hydrogen-bond donors (Lipinski definition) is 1. The minimum atomic E-state index is -0.0484. The Balaban J connectivity index is 1.28. The maximum absolute atomic E-state index is 12.8. The largest absolute Gasteiger partial charge is 0.493 e. The molecule has 2 heterocycles. The second-order valence-electron chi connectivity index (χ2n) is 7.57. The summed E-state index contributed by atoms with van der Waals surface area (Å²) < 4.78 is 21.2. The molecule has 8 nitrogen and oxygen atoms in total. The topological polar surface area (TPSA) is 86.3 Å². The fourth-order valence-electron chi connectivity index (χ4n) is 3.89. The van der Waals surface area contributed by atoms with Crippen molar-refractivity contribution in [1.29, 1.82) is 0 Å². The Hall–Kier alpha value is -3.42. The number of piperidine rings is 1. The molecule has 0 unspecified atom stereocenters. The zero-order chi connectivity index (χ0) is 21.8. The van der Waals surface area contributed by atoms with E-state index in [-0.39, 0.29) is 31.1 Å². The third-order valence-electron chi connectivity index (χ3n) is 5.58. The van der Waals surface area contributed by atoms with Gasteiger partial charge in [0.2, 0.25) is 12.7 Å². The molecular formula is C23H26N2O6. The Kier molecular flexibility index (Phi) is 6.16. The first-order valence-electron chi connectivity index (χ1n) is 10.3. The average Bonchev–Trinajstić information content (AvgIpc) is 3.27. The number of carbonyl (C=O) groups excluding carboxylic acids is 2. The predicted molar refractivity (Wildman–Crippen MR) is 113 cm³/mol. The molecule has 0 aromatic heterocycles. The first-order chi connectivity index (χ1) is 15.1. The SMILES string of the molecule is COc1ccc(CC(=O)NC2CCN(C(=O)c3ccc4c(c3)OCO4)CC2)cc1OC. The van der Waals surface area contributed by atoms with Crippen LogP contribution in [0.2, 0.25) is 0 Å². The summed E-state index contributed by atoms with van der Waals surface area (Å²) >= 11 is 0. The van der Waals surface area contributed by atoms with E-state index in [9.17, 15) is 9.59 Å². The molecular weight excluding hydrogens is 400 g/mol. The molecule has 0 atom stereocenters. The van der Waals surface area contributed by atoms with Crippen molar-refractivity contribution in [2.24, 2.45) is 0 Å². The van der Waals surface area contributed by atoms with Gasteiger partial charge in [-0.1, -0.05) is 6.07 Å². The third kappa shape index (κ3) is 4.68. The third-order valence-corrected chi connectivity index (χ3v) is 5.58. The van der Waals surface area contributed by atoms with Crippen LogP contribution in [0.15, 0.2) is 36.4 Å². The van der Waals surface area contributed by atoms with Gasteiger partial charge in [0.1, 0.15) is 0 Å². The van der Waals surface area contributed by atoms with Crippen LogP contribution in [-0.2, 0) is 11.2 Å². The summed E-state index contributed by atoms with van der Waals surface area (Å²) in [4.78, 5) is 27.1. The monoisotopic (exact) mass is 426 g/mol. The zero-order valence-electron chi connectivity index (χ0n) is 17.7. The van der Waals surface area contributed by atoms with Gasteiger partial charge in [0.15, 0.2) is 23.0 Å². The number of ether oxygens (including phenoxy) is 4. The molecule has 2 amide bonds. The van der Waals surface area contributed by atoms with E-state index in [0.717, 1.165) is 5.56 Å². The molecule has 0 bridgehead atoms. The number of fused-ring (bicyclic) bond motifs is 1. The summed E-state index contributed by atoms with van der Waals surface area (Å²) in [6, 6.07) is 10.7. The van der Waals surface area contributed by atoms with E-state index in [1.807, 2.05) is 17.0 Å². The van der Waals surface area contributed by atoms with Gasteiger partial charge in [0.25, 0.3) is 5.91 Å². The standard InChI is InChI=1S/C23H26N2O6/c1-28-18-5-3-15(11-20(18)29-2)12-22(26)24-17-7-9-25(10-8-17)23(27)16-4-6-19-21(13-16)31-14-30-19/h3-6,11,13,17H,7-10,12,14H2,1-2H3,(H,24,26). The van der Waals surface area contributed by atoms with Crippen molar-refractivity contribution in [3.05, 3.63) is 47.5 Å². The maximum atomic E-state index is 12.8. The van der Waals surface area contributed by atoms with E-state index in [4.69, 9.17) is 18.9 Å². The number of hydrogen-bond acceptors (Lipinski definition) is 6. The molecule has 2 aromatic rings. The van der Waals surface area contributed by atoms with Gasteiger partial charge in [0.05, 0.1) is 20.6 Å². The van der Waals surface area contributed by atoms with Crippen LogP contribution in [0.5, 0.6) is 23.0 Å². The lowest BCUT2D eigenvalue weighted by molar-refractivity contribution is -0.121. The van der Waals surface area contributed by atoms with Crippen LogP contribution in [0.3, 0.4) is 0 Å². The minimum absolute atomic E-state index is 0.0339. The fourth-order valence-corrected chi connectivity index (χ4v) is 3.89. The summed E-state index contributed by atoms with van der Waals surface area (Å²) in [6.07, 6.45) is 1.69. The molecule has 164 valence electrons. The van der Waals surface area contributed by atoms with Crippen molar-refractivity contribution in [2.45, 2.75) is 25.3 Å². The van der Waals surface area contributed by atoms with Gasteiger partial charge in [-0.15, -0.1) is 0 Å². The number of likely N-dealkylation sites (tertiary alicyclic amines) is 1. The van der Waals surface area contributed by atoms with Gasteiger partial charge in [-0.2, -0.15) is 0 Å².